The van der Waals surface area contributed by atoms with Crippen molar-refractivity contribution in [1.82, 2.24) is 0 Å². The van der Waals surface area contributed by atoms with Crippen LogP contribution >= 0.6 is 0 Å². The first-order chi connectivity index (χ1) is 6.67. The maximum atomic E-state index is 9.42. The van der Waals surface area contributed by atoms with E-state index < -0.39 is 0 Å². The van der Waals surface area contributed by atoms with Gasteiger partial charge in [-0.1, -0.05) is 6.07 Å². The van der Waals surface area contributed by atoms with E-state index in [0.29, 0.717) is 11.9 Å². The first kappa shape index (κ1) is 8.30. The molecular weight excluding hydrogens is 176 g/mol. The van der Waals surface area contributed by atoms with Gasteiger partial charge in [-0.2, -0.15) is 0 Å². The molecule has 1 aromatic rings. The summed E-state index contributed by atoms with van der Waals surface area (Å²) in [6.45, 7) is 2.15. The van der Waals surface area contributed by atoms with Gasteiger partial charge in [0.15, 0.2) is 0 Å². The number of rotatable bonds is 0. The molecule has 2 bridgehead atoms. The summed E-state index contributed by atoms with van der Waals surface area (Å²) >= 11 is 0. The molecule has 2 heterocycles. The highest BCUT2D eigenvalue weighted by molar-refractivity contribution is 5.41. The first-order valence-electron chi connectivity index (χ1n) is 5.18. The van der Waals surface area contributed by atoms with Crippen LogP contribution in [0.3, 0.4) is 0 Å². The van der Waals surface area contributed by atoms with Gasteiger partial charge < -0.3 is 9.84 Å². The number of phenols is 1. The Hall–Kier alpha value is -1.02. The summed E-state index contributed by atoms with van der Waals surface area (Å²) in [5.74, 6) is 0.369. The molecule has 3 rings (SSSR count). The van der Waals surface area contributed by atoms with Crippen molar-refractivity contribution in [2.45, 2.75) is 37.9 Å². The molecule has 2 nitrogen and oxygen atoms in total. The van der Waals surface area contributed by atoms with Gasteiger partial charge in [0.1, 0.15) is 5.75 Å². The normalized spacial score (nSPS) is 34.2. The number of aromatic hydroxyl groups is 1. The molecule has 2 heteroatoms. The molecule has 14 heavy (non-hydrogen) atoms. The summed E-state index contributed by atoms with van der Waals surface area (Å²) in [5, 5.41) is 9.42. The standard InChI is InChI=1S/C12H14O2/c1-12-5-4-10(14-12)7-8-6-9(13)2-3-11(8)12/h2-3,6,10,13H,4-5,7H2,1H3/t10-,12+/m0/s1. The topological polar surface area (TPSA) is 29.5 Å². The fourth-order valence-corrected chi connectivity index (χ4v) is 2.77. The Morgan fingerprint density at radius 2 is 2.36 bits per heavy atom. The number of phenolic OH excluding ortho intramolecular Hbond substituents is 1. The van der Waals surface area contributed by atoms with Crippen LogP contribution in [0.1, 0.15) is 30.9 Å². The zero-order chi connectivity index (χ0) is 9.76. The Morgan fingerprint density at radius 3 is 3.21 bits per heavy atom. The molecule has 74 valence electrons. The van der Waals surface area contributed by atoms with Gasteiger partial charge in [-0.25, -0.2) is 0 Å². The van der Waals surface area contributed by atoms with E-state index in [4.69, 9.17) is 4.74 Å². The third kappa shape index (κ3) is 1.01. The lowest BCUT2D eigenvalue weighted by Crippen LogP contribution is -2.29. The summed E-state index contributed by atoms with van der Waals surface area (Å²) < 4.78 is 5.97. The van der Waals surface area contributed by atoms with E-state index in [1.807, 2.05) is 12.1 Å². The van der Waals surface area contributed by atoms with Gasteiger partial charge >= 0.3 is 0 Å². The maximum Gasteiger partial charge on any atom is 0.115 e. The molecule has 2 atom stereocenters. The second-order valence-electron chi connectivity index (χ2n) is 4.55. The van der Waals surface area contributed by atoms with Crippen molar-refractivity contribution in [2.24, 2.45) is 0 Å². The van der Waals surface area contributed by atoms with Crippen LogP contribution < -0.4 is 0 Å². The van der Waals surface area contributed by atoms with E-state index in [0.717, 1.165) is 19.3 Å². The fraction of sp³-hybridized carbons (Fsp3) is 0.500. The van der Waals surface area contributed by atoms with Crippen LogP contribution in [0.5, 0.6) is 5.75 Å². The second-order valence-corrected chi connectivity index (χ2v) is 4.55. The Kier molecular flexibility index (Phi) is 1.49. The van der Waals surface area contributed by atoms with Crippen molar-refractivity contribution in [3.8, 4) is 5.75 Å². The van der Waals surface area contributed by atoms with Crippen LogP contribution in [0, 0.1) is 0 Å². The molecule has 1 N–H and O–H groups in total. The summed E-state index contributed by atoms with van der Waals surface area (Å²) in [6.07, 6.45) is 3.58. The van der Waals surface area contributed by atoms with Crippen molar-refractivity contribution in [3.63, 3.8) is 0 Å². The Balaban J connectivity index is 2.18. The largest absolute Gasteiger partial charge is 0.508 e. The molecule has 2 aliphatic rings. The minimum absolute atomic E-state index is 0.0913. The maximum absolute atomic E-state index is 9.42. The molecule has 0 saturated carbocycles. The molecule has 0 aliphatic carbocycles. The van der Waals surface area contributed by atoms with Gasteiger partial charge in [-0.05, 0) is 49.4 Å². The van der Waals surface area contributed by atoms with Crippen molar-refractivity contribution in [2.75, 3.05) is 0 Å². The quantitative estimate of drug-likeness (QED) is 0.680. The molecule has 1 aromatic carbocycles. The van der Waals surface area contributed by atoms with Gasteiger partial charge in [0.2, 0.25) is 0 Å². The van der Waals surface area contributed by atoms with Crippen molar-refractivity contribution in [1.29, 1.82) is 0 Å². The number of ether oxygens (including phenoxy) is 1. The Morgan fingerprint density at radius 1 is 1.50 bits per heavy atom. The SMILES string of the molecule is C[C@@]12CC[C@@H](Cc3cc(O)ccc31)O2. The lowest BCUT2D eigenvalue weighted by molar-refractivity contribution is -0.0438. The summed E-state index contributed by atoms with van der Waals surface area (Å²) in [5.41, 5.74) is 2.44. The monoisotopic (exact) mass is 190 g/mol. The first-order valence-corrected chi connectivity index (χ1v) is 5.18. The molecule has 0 spiro atoms. The molecule has 1 fully saturated rings. The molecule has 1 saturated heterocycles. The van der Waals surface area contributed by atoms with Crippen LogP contribution in [0.2, 0.25) is 0 Å². The van der Waals surface area contributed by atoms with Crippen LogP contribution in [0.15, 0.2) is 18.2 Å². The summed E-state index contributed by atoms with van der Waals surface area (Å²) in [6, 6.07) is 5.65. The summed E-state index contributed by atoms with van der Waals surface area (Å²) in [4.78, 5) is 0. The van der Waals surface area contributed by atoms with Crippen LogP contribution in [0.25, 0.3) is 0 Å². The minimum atomic E-state index is -0.0913. The van der Waals surface area contributed by atoms with Crippen molar-refractivity contribution in [3.05, 3.63) is 29.3 Å². The zero-order valence-corrected chi connectivity index (χ0v) is 8.29. The third-order valence-corrected chi connectivity index (χ3v) is 3.48. The molecule has 0 unspecified atom stereocenters. The van der Waals surface area contributed by atoms with Gasteiger partial charge in [0.25, 0.3) is 0 Å². The van der Waals surface area contributed by atoms with Gasteiger partial charge in [0.05, 0.1) is 11.7 Å². The minimum Gasteiger partial charge on any atom is -0.508 e. The second kappa shape index (κ2) is 2.51. The van der Waals surface area contributed by atoms with E-state index >= 15 is 0 Å². The van der Waals surface area contributed by atoms with Crippen LogP contribution in [0.4, 0.5) is 0 Å². The number of benzene rings is 1. The average molecular weight is 190 g/mol. The van der Waals surface area contributed by atoms with E-state index in [1.54, 1.807) is 6.07 Å². The highest BCUT2D eigenvalue weighted by Crippen LogP contribution is 2.46. The van der Waals surface area contributed by atoms with E-state index in [-0.39, 0.29) is 5.60 Å². The van der Waals surface area contributed by atoms with Crippen LogP contribution in [-0.2, 0) is 16.8 Å². The molecule has 0 amide bonds. The van der Waals surface area contributed by atoms with Gasteiger partial charge in [0, 0.05) is 0 Å². The van der Waals surface area contributed by atoms with Crippen LogP contribution in [-0.4, -0.2) is 11.2 Å². The number of fused-ring (bicyclic) bond motifs is 4. The lowest BCUT2D eigenvalue weighted by Gasteiger charge is -2.32. The molecule has 0 aromatic heterocycles. The highest BCUT2D eigenvalue weighted by Gasteiger charge is 2.42. The summed E-state index contributed by atoms with van der Waals surface area (Å²) in [7, 11) is 0. The third-order valence-electron chi connectivity index (χ3n) is 3.48. The lowest BCUT2D eigenvalue weighted by atomic mass is 9.89. The van der Waals surface area contributed by atoms with Gasteiger partial charge in [-0.15, -0.1) is 0 Å². The highest BCUT2D eigenvalue weighted by atomic mass is 16.5. The molecule has 0 radical (unpaired) electrons. The van der Waals surface area contributed by atoms with Crippen molar-refractivity contribution >= 4 is 0 Å². The number of hydrogen-bond acceptors (Lipinski definition) is 2. The fourth-order valence-electron chi connectivity index (χ4n) is 2.77. The van der Waals surface area contributed by atoms with E-state index in [9.17, 15) is 5.11 Å². The van der Waals surface area contributed by atoms with E-state index in [2.05, 4.69) is 6.92 Å². The predicted molar refractivity (Wildman–Crippen MR) is 53.3 cm³/mol. The van der Waals surface area contributed by atoms with Gasteiger partial charge in [-0.3, -0.25) is 0 Å². The Labute approximate surface area is 83.5 Å². The molecule has 2 aliphatic heterocycles. The molecular formula is C12H14O2. The smallest absolute Gasteiger partial charge is 0.115 e. The zero-order valence-electron chi connectivity index (χ0n) is 8.29. The van der Waals surface area contributed by atoms with Crippen molar-refractivity contribution < 1.29 is 9.84 Å². The van der Waals surface area contributed by atoms with E-state index in [1.165, 1.54) is 11.1 Å². The number of hydrogen-bond donors (Lipinski definition) is 1. The Bertz CT molecular complexity index is 386. The predicted octanol–water partition coefficient (Wildman–Crippen LogP) is 2.34. The average Bonchev–Trinajstić information content (AvgIpc) is 2.43.